The van der Waals surface area contributed by atoms with E-state index in [0.29, 0.717) is 12.4 Å². The van der Waals surface area contributed by atoms with Gasteiger partial charge < -0.3 is 10.1 Å². The van der Waals surface area contributed by atoms with E-state index in [-0.39, 0.29) is 11.9 Å². The third-order valence-electron chi connectivity index (χ3n) is 2.17. The number of halogens is 1. The Hall–Kier alpha value is -1.09. The van der Waals surface area contributed by atoms with Gasteiger partial charge in [-0.25, -0.2) is 4.39 Å². The Bertz CT molecular complexity index is 301. The van der Waals surface area contributed by atoms with Crippen LogP contribution in [-0.2, 0) is 0 Å². The van der Waals surface area contributed by atoms with Crippen LogP contribution in [0.3, 0.4) is 0 Å². The summed E-state index contributed by atoms with van der Waals surface area (Å²) in [6.07, 6.45) is 0. The van der Waals surface area contributed by atoms with Crippen LogP contribution in [0, 0.1) is 5.82 Å². The topological polar surface area (TPSA) is 21.3 Å². The van der Waals surface area contributed by atoms with Crippen molar-refractivity contribution in [1.29, 1.82) is 0 Å². The van der Waals surface area contributed by atoms with Gasteiger partial charge in [0.05, 0.1) is 6.61 Å². The van der Waals surface area contributed by atoms with Crippen LogP contribution in [0.4, 0.5) is 4.39 Å². The molecule has 1 atom stereocenters. The van der Waals surface area contributed by atoms with Crippen molar-refractivity contribution in [3.05, 3.63) is 29.6 Å². The molecule has 3 heteroatoms. The average Bonchev–Trinajstić information content (AvgIpc) is 2.17. The van der Waals surface area contributed by atoms with Gasteiger partial charge in [-0.05, 0) is 27.0 Å². The van der Waals surface area contributed by atoms with E-state index in [9.17, 15) is 4.39 Å². The van der Waals surface area contributed by atoms with Gasteiger partial charge in [-0.15, -0.1) is 0 Å². The summed E-state index contributed by atoms with van der Waals surface area (Å²) in [4.78, 5) is 0. The van der Waals surface area contributed by atoms with Crippen LogP contribution in [-0.4, -0.2) is 13.7 Å². The summed E-state index contributed by atoms with van der Waals surface area (Å²) >= 11 is 0. The molecule has 0 heterocycles. The Morgan fingerprint density at radius 2 is 2.21 bits per heavy atom. The molecule has 0 aliphatic heterocycles. The van der Waals surface area contributed by atoms with Gasteiger partial charge in [-0.1, -0.05) is 6.07 Å². The molecule has 0 amide bonds. The minimum Gasteiger partial charge on any atom is -0.493 e. The first kappa shape index (κ1) is 11.0. The lowest BCUT2D eigenvalue weighted by molar-refractivity contribution is 0.331. The lowest BCUT2D eigenvalue weighted by Crippen LogP contribution is -2.13. The van der Waals surface area contributed by atoms with E-state index < -0.39 is 0 Å². The number of ether oxygens (including phenoxy) is 1. The van der Waals surface area contributed by atoms with Gasteiger partial charge in [0.1, 0.15) is 11.6 Å². The predicted molar refractivity (Wildman–Crippen MR) is 55.0 cm³/mol. The van der Waals surface area contributed by atoms with E-state index in [4.69, 9.17) is 4.74 Å². The number of rotatable bonds is 4. The van der Waals surface area contributed by atoms with E-state index >= 15 is 0 Å². The molecule has 0 aliphatic rings. The van der Waals surface area contributed by atoms with Crippen molar-refractivity contribution >= 4 is 0 Å². The third-order valence-corrected chi connectivity index (χ3v) is 2.17. The summed E-state index contributed by atoms with van der Waals surface area (Å²) in [6, 6.07) is 4.79. The molecular weight excluding hydrogens is 181 g/mol. The number of hydrogen-bond donors (Lipinski definition) is 1. The summed E-state index contributed by atoms with van der Waals surface area (Å²) in [6.45, 7) is 4.45. The Labute approximate surface area is 84.1 Å². The fourth-order valence-corrected chi connectivity index (χ4v) is 1.30. The van der Waals surface area contributed by atoms with Crippen LogP contribution in [0.15, 0.2) is 18.2 Å². The van der Waals surface area contributed by atoms with Gasteiger partial charge in [-0.3, -0.25) is 0 Å². The number of benzene rings is 1. The first-order valence-corrected chi connectivity index (χ1v) is 4.78. The monoisotopic (exact) mass is 197 g/mol. The van der Waals surface area contributed by atoms with Crippen molar-refractivity contribution in [1.82, 2.24) is 5.32 Å². The standard InChI is InChI=1S/C11H16FNO/c1-4-14-11-7-9(12)5-6-10(11)8(2)13-3/h5-8,13H,4H2,1-3H3. The molecule has 1 unspecified atom stereocenters. The Balaban J connectivity index is 3.01. The SMILES string of the molecule is CCOc1cc(F)ccc1C(C)NC. The van der Waals surface area contributed by atoms with Gasteiger partial charge in [0.15, 0.2) is 0 Å². The van der Waals surface area contributed by atoms with Crippen LogP contribution in [0.2, 0.25) is 0 Å². The molecule has 0 spiro atoms. The third kappa shape index (κ3) is 2.45. The maximum Gasteiger partial charge on any atom is 0.126 e. The number of nitrogens with one attached hydrogen (secondary N) is 1. The lowest BCUT2D eigenvalue weighted by atomic mass is 10.1. The normalized spacial score (nSPS) is 12.6. The van der Waals surface area contributed by atoms with E-state index in [1.165, 1.54) is 12.1 Å². The molecule has 1 rings (SSSR count). The zero-order valence-corrected chi connectivity index (χ0v) is 8.80. The fourth-order valence-electron chi connectivity index (χ4n) is 1.30. The van der Waals surface area contributed by atoms with Crippen LogP contribution in [0.25, 0.3) is 0 Å². The fraction of sp³-hybridized carbons (Fsp3) is 0.455. The van der Waals surface area contributed by atoms with Crippen molar-refractivity contribution in [2.45, 2.75) is 19.9 Å². The number of hydrogen-bond acceptors (Lipinski definition) is 2. The van der Waals surface area contributed by atoms with Crippen molar-refractivity contribution in [2.75, 3.05) is 13.7 Å². The molecule has 0 bridgehead atoms. The maximum absolute atomic E-state index is 12.9. The molecule has 1 N–H and O–H groups in total. The van der Waals surface area contributed by atoms with Crippen molar-refractivity contribution in [3.63, 3.8) is 0 Å². The first-order valence-electron chi connectivity index (χ1n) is 4.78. The second-order valence-electron chi connectivity index (χ2n) is 3.13. The quantitative estimate of drug-likeness (QED) is 0.800. The van der Waals surface area contributed by atoms with E-state index in [1.54, 1.807) is 6.07 Å². The minimum atomic E-state index is -0.263. The first-order chi connectivity index (χ1) is 6.69. The molecule has 0 saturated carbocycles. The van der Waals surface area contributed by atoms with Crippen LogP contribution >= 0.6 is 0 Å². The van der Waals surface area contributed by atoms with E-state index in [1.807, 2.05) is 20.9 Å². The highest BCUT2D eigenvalue weighted by molar-refractivity contribution is 5.36. The highest BCUT2D eigenvalue weighted by Gasteiger charge is 2.10. The van der Waals surface area contributed by atoms with Crippen molar-refractivity contribution < 1.29 is 9.13 Å². The van der Waals surface area contributed by atoms with Crippen molar-refractivity contribution in [2.24, 2.45) is 0 Å². The smallest absolute Gasteiger partial charge is 0.126 e. The minimum absolute atomic E-state index is 0.164. The second-order valence-corrected chi connectivity index (χ2v) is 3.13. The molecule has 0 aromatic heterocycles. The second kappa shape index (κ2) is 4.96. The molecule has 1 aromatic rings. The molecule has 0 saturated heterocycles. The molecule has 14 heavy (non-hydrogen) atoms. The molecule has 0 radical (unpaired) electrons. The van der Waals surface area contributed by atoms with Crippen LogP contribution in [0.1, 0.15) is 25.5 Å². The Kier molecular flexibility index (Phi) is 3.89. The molecule has 0 aliphatic carbocycles. The van der Waals surface area contributed by atoms with Gasteiger partial charge in [0, 0.05) is 17.7 Å². The molecule has 0 fully saturated rings. The molecule has 1 aromatic carbocycles. The van der Waals surface area contributed by atoms with Crippen LogP contribution in [0.5, 0.6) is 5.75 Å². The van der Waals surface area contributed by atoms with Crippen LogP contribution < -0.4 is 10.1 Å². The van der Waals surface area contributed by atoms with Gasteiger partial charge >= 0.3 is 0 Å². The van der Waals surface area contributed by atoms with E-state index in [2.05, 4.69) is 5.32 Å². The van der Waals surface area contributed by atoms with E-state index in [0.717, 1.165) is 5.56 Å². The van der Waals surface area contributed by atoms with Gasteiger partial charge in [0.2, 0.25) is 0 Å². The molecule has 2 nitrogen and oxygen atoms in total. The summed E-state index contributed by atoms with van der Waals surface area (Å²) in [5.74, 6) is 0.356. The van der Waals surface area contributed by atoms with Gasteiger partial charge in [0.25, 0.3) is 0 Å². The average molecular weight is 197 g/mol. The summed E-state index contributed by atoms with van der Waals surface area (Å²) < 4.78 is 18.3. The summed E-state index contributed by atoms with van der Waals surface area (Å²) in [5, 5.41) is 3.10. The largest absolute Gasteiger partial charge is 0.493 e. The molecular formula is C11H16FNO. The lowest BCUT2D eigenvalue weighted by Gasteiger charge is -2.15. The summed E-state index contributed by atoms with van der Waals surface area (Å²) in [7, 11) is 1.86. The predicted octanol–water partition coefficient (Wildman–Crippen LogP) is 2.50. The summed E-state index contributed by atoms with van der Waals surface area (Å²) in [5.41, 5.74) is 0.982. The highest BCUT2D eigenvalue weighted by Crippen LogP contribution is 2.25. The maximum atomic E-state index is 12.9. The van der Waals surface area contributed by atoms with Gasteiger partial charge in [-0.2, -0.15) is 0 Å². The highest BCUT2D eigenvalue weighted by atomic mass is 19.1. The molecule has 78 valence electrons. The van der Waals surface area contributed by atoms with Crippen molar-refractivity contribution in [3.8, 4) is 5.75 Å². The zero-order chi connectivity index (χ0) is 10.6. The Morgan fingerprint density at radius 3 is 2.79 bits per heavy atom. The Morgan fingerprint density at radius 1 is 1.50 bits per heavy atom. The zero-order valence-electron chi connectivity index (χ0n) is 8.80.